The minimum absolute atomic E-state index is 0.0715. The molecule has 0 radical (unpaired) electrons. The van der Waals surface area contributed by atoms with Gasteiger partial charge in [0.1, 0.15) is 6.10 Å². The maximum Gasteiger partial charge on any atom is 0.315 e. The number of nitrogens with zero attached hydrogens (tertiary/aromatic N) is 1. The van der Waals surface area contributed by atoms with Crippen LogP contribution in [0.4, 0.5) is 4.79 Å². The van der Waals surface area contributed by atoms with Crippen LogP contribution in [0.1, 0.15) is 19.5 Å². The summed E-state index contributed by atoms with van der Waals surface area (Å²) < 4.78 is 5.55. The molecule has 3 atom stereocenters. The molecule has 1 aliphatic heterocycles. The number of aliphatic hydroxyl groups excluding tert-OH is 1. The largest absolute Gasteiger partial charge is 0.389 e. The SMILES string of the molecule is CC(C)NC(=O)NC[C@H]1OC[C@@H](NCc2ccccn2)[C@@H]1O. The van der Waals surface area contributed by atoms with Gasteiger partial charge in [-0.2, -0.15) is 0 Å². The van der Waals surface area contributed by atoms with Gasteiger partial charge in [0.25, 0.3) is 0 Å². The van der Waals surface area contributed by atoms with Crippen molar-refractivity contribution in [2.75, 3.05) is 13.2 Å². The highest BCUT2D eigenvalue weighted by Crippen LogP contribution is 2.14. The molecule has 7 nitrogen and oxygen atoms in total. The molecule has 2 amide bonds. The van der Waals surface area contributed by atoms with Crippen LogP contribution in [-0.2, 0) is 11.3 Å². The quantitative estimate of drug-likeness (QED) is 0.594. The summed E-state index contributed by atoms with van der Waals surface area (Å²) in [7, 11) is 0. The number of ether oxygens (including phenoxy) is 1. The van der Waals surface area contributed by atoms with Crippen molar-refractivity contribution in [3.8, 4) is 0 Å². The molecule has 0 bridgehead atoms. The molecule has 0 aromatic carbocycles. The van der Waals surface area contributed by atoms with Gasteiger partial charge in [0.05, 0.1) is 24.4 Å². The number of carbonyl (C=O) groups excluding carboxylic acids is 1. The fourth-order valence-corrected chi connectivity index (χ4v) is 2.29. The summed E-state index contributed by atoms with van der Waals surface area (Å²) >= 11 is 0. The van der Waals surface area contributed by atoms with Gasteiger partial charge in [0.2, 0.25) is 0 Å². The van der Waals surface area contributed by atoms with Crippen LogP contribution in [0.15, 0.2) is 24.4 Å². The zero-order valence-corrected chi connectivity index (χ0v) is 13.0. The maximum absolute atomic E-state index is 11.5. The van der Waals surface area contributed by atoms with Gasteiger partial charge in [-0.05, 0) is 26.0 Å². The van der Waals surface area contributed by atoms with Crippen molar-refractivity contribution in [2.45, 2.75) is 44.7 Å². The van der Waals surface area contributed by atoms with Crippen molar-refractivity contribution >= 4 is 6.03 Å². The number of pyridine rings is 1. The van der Waals surface area contributed by atoms with Crippen LogP contribution < -0.4 is 16.0 Å². The molecule has 0 spiro atoms. The molecule has 4 N–H and O–H groups in total. The molecule has 0 aliphatic carbocycles. The monoisotopic (exact) mass is 308 g/mol. The Morgan fingerprint density at radius 1 is 1.50 bits per heavy atom. The Balaban J connectivity index is 1.72. The zero-order chi connectivity index (χ0) is 15.9. The average molecular weight is 308 g/mol. The highest BCUT2D eigenvalue weighted by Gasteiger charge is 2.35. The summed E-state index contributed by atoms with van der Waals surface area (Å²) in [5.41, 5.74) is 0.910. The molecule has 1 aromatic rings. The third-order valence-electron chi connectivity index (χ3n) is 3.44. The van der Waals surface area contributed by atoms with Gasteiger partial charge in [-0.25, -0.2) is 4.79 Å². The van der Waals surface area contributed by atoms with E-state index < -0.39 is 12.2 Å². The second kappa shape index (κ2) is 8.07. The molecule has 22 heavy (non-hydrogen) atoms. The summed E-state index contributed by atoms with van der Waals surface area (Å²) in [5, 5.41) is 18.9. The van der Waals surface area contributed by atoms with Crippen LogP contribution in [0, 0.1) is 0 Å². The molecule has 122 valence electrons. The molecule has 0 unspecified atom stereocenters. The van der Waals surface area contributed by atoms with Gasteiger partial charge in [-0.1, -0.05) is 6.07 Å². The summed E-state index contributed by atoms with van der Waals surface area (Å²) in [6, 6.07) is 5.36. The van der Waals surface area contributed by atoms with Crippen molar-refractivity contribution in [2.24, 2.45) is 0 Å². The third kappa shape index (κ3) is 4.94. The lowest BCUT2D eigenvalue weighted by Gasteiger charge is -2.19. The molecule has 0 saturated carbocycles. The van der Waals surface area contributed by atoms with Gasteiger partial charge in [0.15, 0.2) is 0 Å². The van der Waals surface area contributed by atoms with Gasteiger partial charge < -0.3 is 25.8 Å². The summed E-state index contributed by atoms with van der Waals surface area (Å²) in [4.78, 5) is 15.7. The number of rotatable bonds is 6. The fourth-order valence-electron chi connectivity index (χ4n) is 2.29. The average Bonchev–Trinajstić information content (AvgIpc) is 2.84. The summed E-state index contributed by atoms with van der Waals surface area (Å²) in [5.74, 6) is 0. The molecule has 2 rings (SSSR count). The molecule has 2 heterocycles. The Morgan fingerprint density at radius 3 is 3.00 bits per heavy atom. The van der Waals surface area contributed by atoms with E-state index in [1.54, 1.807) is 6.20 Å². The lowest BCUT2D eigenvalue weighted by molar-refractivity contribution is 0.0425. The Morgan fingerprint density at radius 2 is 2.32 bits per heavy atom. The Bertz CT molecular complexity index is 469. The van der Waals surface area contributed by atoms with E-state index in [1.807, 2.05) is 32.0 Å². The Kier molecular flexibility index (Phi) is 6.11. The number of hydrogen-bond donors (Lipinski definition) is 4. The van der Waals surface area contributed by atoms with Crippen molar-refractivity contribution in [3.63, 3.8) is 0 Å². The van der Waals surface area contributed by atoms with Crippen LogP contribution in [0.2, 0.25) is 0 Å². The first kappa shape index (κ1) is 16.7. The van der Waals surface area contributed by atoms with Crippen LogP contribution >= 0.6 is 0 Å². The van der Waals surface area contributed by atoms with Crippen LogP contribution in [0.25, 0.3) is 0 Å². The van der Waals surface area contributed by atoms with E-state index in [1.165, 1.54) is 0 Å². The lowest BCUT2D eigenvalue weighted by atomic mass is 10.1. The van der Waals surface area contributed by atoms with Crippen LogP contribution in [0.5, 0.6) is 0 Å². The zero-order valence-electron chi connectivity index (χ0n) is 13.0. The second-order valence-corrected chi connectivity index (χ2v) is 5.68. The Labute approximate surface area is 130 Å². The smallest absolute Gasteiger partial charge is 0.315 e. The normalized spacial score (nSPS) is 24.5. The van der Waals surface area contributed by atoms with E-state index in [0.29, 0.717) is 13.2 Å². The van der Waals surface area contributed by atoms with Crippen molar-refractivity contribution in [3.05, 3.63) is 30.1 Å². The van der Waals surface area contributed by atoms with Gasteiger partial charge >= 0.3 is 6.03 Å². The number of urea groups is 1. The standard InChI is InChI=1S/C15H24N4O3/c1-10(2)19-15(21)18-8-13-14(20)12(9-22-13)17-7-11-5-3-4-6-16-11/h3-6,10,12-14,17,20H,7-9H2,1-2H3,(H2,18,19,21)/t12-,13-,14+/m1/s1. The summed E-state index contributed by atoms with van der Waals surface area (Å²) in [6.45, 7) is 5.03. The fraction of sp³-hybridized carbons (Fsp3) is 0.600. The lowest BCUT2D eigenvalue weighted by Crippen LogP contribution is -2.47. The molecular formula is C15H24N4O3. The van der Waals surface area contributed by atoms with E-state index in [9.17, 15) is 9.90 Å². The van der Waals surface area contributed by atoms with Crippen molar-refractivity contribution < 1.29 is 14.6 Å². The van der Waals surface area contributed by atoms with Crippen molar-refractivity contribution in [1.29, 1.82) is 0 Å². The number of hydrogen-bond acceptors (Lipinski definition) is 5. The molecule has 7 heteroatoms. The molecular weight excluding hydrogens is 284 g/mol. The third-order valence-corrected chi connectivity index (χ3v) is 3.44. The van der Waals surface area contributed by atoms with E-state index in [-0.39, 0.29) is 24.7 Å². The summed E-state index contributed by atoms with van der Waals surface area (Å²) in [6.07, 6.45) is 0.667. The molecule has 1 fully saturated rings. The maximum atomic E-state index is 11.5. The minimum atomic E-state index is -0.664. The number of nitrogens with one attached hydrogen (secondary N) is 3. The number of carbonyl (C=O) groups is 1. The van der Waals surface area contributed by atoms with Crippen LogP contribution in [-0.4, -0.2) is 53.6 Å². The van der Waals surface area contributed by atoms with E-state index in [0.717, 1.165) is 5.69 Å². The van der Waals surface area contributed by atoms with Crippen LogP contribution in [0.3, 0.4) is 0 Å². The highest BCUT2D eigenvalue weighted by molar-refractivity contribution is 5.74. The number of amides is 2. The van der Waals surface area contributed by atoms with Gasteiger partial charge in [-0.3, -0.25) is 4.98 Å². The minimum Gasteiger partial charge on any atom is -0.389 e. The predicted molar refractivity (Wildman–Crippen MR) is 82.3 cm³/mol. The molecule has 1 aromatic heterocycles. The van der Waals surface area contributed by atoms with E-state index in [4.69, 9.17) is 4.74 Å². The first-order valence-electron chi connectivity index (χ1n) is 7.53. The van der Waals surface area contributed by atoms with Crippen molar-refractivity contribution in [1.82, 2.24) is 20.9 Å². The number of aliphatic hydroxyl groups is 1. The van der Waals surface area contributed by atoms with E-state index in [2.05, 4.69) is 20.9 Å². The predicted octanol–water partition coefficient (Wildman–Crippen LogP) is 0.00710. The van der Waals surface area contributed by atoms with Gasteiger partial charge in [0, 0.05) is 25.3 Å². The highest BCUT2D eigenvalue weighted by atomic mass is 16.5. The van der Waals surface area contributed by atoms with Gasteiger partial charge in [-0.15, -0.1) is 0 Å². The second-order valence-electron chi connectivity index (χ2n) is 5.68. The molecule has 1 aliphatic rings. The first-order valence-corrected chi connectivity index (χ1v) is 7.53. The van der Waals surface area contributed by atoms with E-state index >= 15 is 0 Å². The Hall–Kier alpha value is -1.70. The topological polar surface area (TPSA) is 95.5 Å². The number of aromatic nitrogens is 1. The molecule has 1 saturated heterocycles. The first-order chi connectivity index (χ1) is 10.6.